The molecule has 1 unspecified atom stereocenters. The van der Waals surface area contributed by atoms with E-state index in [-0.39, 0.29) is 21.0 Å². The average Bonchev–Trinajstić information content (AvgIpc) is 2.81. The molecule has 0 saturated carbocycles. The molecule has 0 saturated heterocycles. The van der Waals surface area contributed by atoms with E-state index in [4.69, 9.17) is 58.0 Å². The number of nitrogens with one attached hydrogen (secondary N) is 2. The first-order chi connectivity index (χ1) is 16.5. The summed E-state index contributed by atoms with van der Waals surface area (Å²) in [5, 5.41) is 13.6. The van der Waals surface area contributed by atoms with Crippen LogP contribution in [-0.4, -0.2) is 28.1 Å². The van der Waals surface area contributed by atoms with Crippen LogP contribution in [0, 0.1) is 0 Å². The molecule has 3 aromatic rings. The Hall–Kier alpha value is -2.13. The fourth-order valence-corrected chi connectivity index (χ4v) is 5.07. The maximum Gasteiger partial charge on any atom is 0.338 e. The van der Waals surface area contributed by atoms with E-state index >= 15 is 0 Å². The van der Waals surface area contributed by atoms with Crippen LogP contribution in [0.15, 0.2) is 53.4 Å². The zero-order valence-corrected chi connectivity index (χ0v) is 22.3. The van der Waals surface area contributed by atoms with E-state index in [9.17, 15) is 19.5 Å². The Kier molecular flexibility index (Phi) is 9.21. The molecule has 12 heteroatoms. The zero-order valence-electron chi connectivity index (χ0n) is 17.7. The zero-order chi connectivity index (χ0) is 25.9. The highest BCUT2D eigenvalue weighted by Gasteiger charge is 2.29. The summed E-state index contributed by atoms with van der Waals surface area (Å²) in [6.45, 7) is 1.72. The second kappa shape index (κ2) is 11.7. The maximum absolute atomic E-state index is 13.0. The van der Waals surface area contributed by atoms with Gasteiger partial charge in [0, 0.05) is 10.6 Å². The molecular weight excluding hydrogens is 578 g/mol. The number of hydrogen-bond donors (Lipinski definition) is 3. The van der Waals surface area contributed by atoms with Crippen molar-refractivity contribution in [2.24, 2.45) is 0 Å². The van der Waals surface area contributed by atoms with Gasteiger partial charge >= 0.3 is 5.97 Å². The third-order valence-corrected chi connectivity index (χ3v) is 7.84. The Morgan fingerprint density at radius 3 is 2.09 bits per heavy atom. The van der Waals surface area contributed by atoms with Crippen LogP contribution in [0.4, 0.5) is 11.4 Å². The predicted molar refractivity (Wildman–Crippen MR) is 143 cm³/mol. The molecule has 182 valence electrons. The highest BCUT2D eigenvalue weighted by atomic mass is 35.5. The number of hydrogen-bond acceptors (Lipinski definition) is 4. The molecule has 0 bridgehead atoms. The number of aromatic carboxylic acids is 1. The molecule has 3 aromatic carbocycles. The van der Waals surface area contributed by atoms with Gasteiger partial charge in [-0.05, 0) is 37.3 Å². The molecule has 3 N–H and O–H groups in total. The predicted octanol–water partition coefficient (Wildman–Crippen LogP) is 8.02. The molecule has 0 fully saturated rings. The molecule has 0 aromatic heterocycles. The van der Waals surface area contributed by atoms with Crippen LogP contribution in [0.3, 0.4) is 0 Å². The number of anilines is 2. The van der Waals surface area contributed by atoms with Gasteiger partial charge in [-0.15, -0.1) is 11.8 Å². The quantitative estimate of drug-likeness (QED) is 0.147. The van der Waals surface area contributed by atoms with Crippen LogP contribution < -0.4 is 10.6 Å². The number of carbonyl (C=O) groups is 3. The van der Waals surface area contributed by atoms with Crippen molar-refractivity contribution in [2.45, 2.75) is 17.1 Å². The fraction of sp³-hybridized carbons (Fsp3) is 0.0870. The third kappa shape index (κ3) is 6.36. The molecule has 3 rings (SSSR count). The van der Waals surface area contributed by atoms with Gasteiger partial charge in [0.25, 0.3) is 5.91 Å². The van der Waals surface area contributed by atoms with Gasteiger partial charge in [-0.25, -0.2) is 4.79 Å². The summed E-state index contributed by atoms with van der Waals surface area (Å²) in [4.78, 5) is 37.9. The van der Waals surface area contributed by atoms with Crippen molar-refractivity contribution < 1.29 is 19.5 Å². The van der Waals surface area contributed by atoms with E-state index in [1.54, 1.807) is 55.5 Å². The summed E-state index contributed by atoms with van der Waals surface area (Å²) in [7, 11) is 0. The highest BCUT2D eigenvalue weighted by Crippen LogP contribution is 2.42. The first kappa shape index (κ1) is 27.5. The van der Waals surface area contributed by atoms with Gasteiger partial charge in [0.1, 0.15) is 0 Å². The summed E-state index contributed by atoms with van der Waals surface area (Å²) >= 11 is 31.4. The molecule has 0 radical (unpaired) electrons. The molecule has 0 aliphatic rings. The number of halogens is 5. The van der Waals surface area contributed by atoms with E-state index in [0.29, 0.717) is 21.3 Å². The Labute approximate surface area is 229 Å². The van der Waals surface area contributed by atoms with E-state index in [2.05, 4.69) is 10.6 Å². The van der Waals surface area contributed by atoms with Crippen LogP contribution in [0.25, 0.3) is 0 Å². The van der Waals surface area contributed by atoms with E-state index in [0.717, 1.165) is 0 Å². The first-order valence-corrected chi connectivity index (χ1v) is 12.5. The van der Waals surface area contributed by atoms with Crippen LogP contribution in [0.2, 0.25) is 25.1 Å². The fourth-order valence-electron chi connectivity index (χ4n) is 2.94. The molecule has 35 heavy (non-hydrogen) atoms. The summed E-state index contributed by atoms with van der Waals surface area (Å²) in [5.74, 6) is -2.61. The standard InChI is InChI=1S/C23H15Cl5N2O4S/c1-10(21(31)30-14-8-3-2-7-13(14)24)35-12-6-4-5-11(9-12)29-22(32)15-16(23(33)34)18(26)20(28)19(27)17(15)25/h2-10H,1H3,(H,29,32)(H,30,31)(H,33,34). The molecule has 0 aliphatic heterocycles. The lowest BCUT2D eigenvalue weighted by molar-refractivity contribution is -0.115. The molecule has 2 amide bonds. The number of para-hydroxylation sites is 1. The molecule has 1 atom stereocenters. The van der Waals surface area contributed by atoms with E-state index in [1.807, 2.05) is 0 Å². The van der Waals surface area contributed by atoms with Crippen molar-refractivity contribution in [3.05, 3.63) is 84.8 Å². The lowest BCUT2D eigenvalue weighted by Gasteiger charge is -2.15. The van der Waals surface area contributed by atoms with Crippen molar-refractivity contribution in [3.63, 3.8) is 0 Å². The lowest BCUT2D eigenvalue weighted by atomic mass is 10.1. The third-order valence-electron chi connectivity index (χ3n) is 4.61. The van der Waals surface area contributed by atoms with Crippen LogP contribution in [-0.2, 0) is 4.79 Å². The van der Waals surface area contributed by atoms with E-state index < -0.39 is 33.3 Å². The van der Waals surface area contributed by atoms with Gasteiger partial charge in [-0.3, -0.25) is 9.59 Å². The van der Waals surface area contributed by atoms with Crippen LogP contribution in [0.5, 0.6) is 0 Å². The number of carboxylic acids is 1. The number of thioether (sulfide) groups is 1. The Morgan fingerprint density at radius 2 is 1.46 bits per heavy atom. The first-order valence-electron chi connectivity index (χ1n) is 9.74. The molecule has 0 spiro atoms. The molecular formula is C23H15Cl5N2O4S. The number of amides is 2. The lowest BCUT2D eigenvalue weighted by Crippen LogP contribution is -2.22. The topological polar surface area (TPSA) is 95.5 Å². The van der Waals surface area contributed by atoms with Gasteiger partial charge in [0.2, 0.25) is 5.91 Å². The van der Waals surface area contributed by atoms with Crippen molar-refractivity contribution in [1.82, 2.24) is 0 Å². The Balaban J connectivity index is 1.79. The van der Waals surface area contributed by atoms with Gasteiger partial charge in [-0.1, -0.05) is 76.2 Å². The second-order valence-electron chi connectivity index (χ2n) is 7.02. The maximum atomic E-state index is 13.0. The summed E-state index contributed by atoms with van der Waals surface area (Å²) in [6.07, 6.45) is 0. The van der Waals surface area contributed by atoms with Crippen molar-refractivity contribution in [1.29, 1.82) is 0 Å². The SMILES string of the molecule is CC(Sc1cccc(NC(=O)c2c(Cl)c(Cl)c(Cl)c(Cl)c2C(=O)O)c1)C(=O)Nc1ccccc1Cl. The minimum Gasteiger partial charge on any atom is -0.478 e. The Morgan fingerprint density at radius 1 is 0.829 bits per heavy atom. The van der Waals surface area contributed by atoms with Crippen LogP contribution in [0.1, 0.15) is 27.6 Å². The van der Waals surface area contributed by atoms with Crippen molar-refractivity contribution in [2.75, 3.05) is 10.6 Å². The van der Waals surface area contributed by atoms with Gasteiger partial charge in [0.15, 0.2) is 0 Å². The largest absolute Gasteiger partial charge is 0.478 e. The van der Waals surface area contributed by atoms with Gasteiger partial charge in [0.05, 0.1) is 47.2 Å². The Bertz CT molecular complexity index is 1340. The molecule has 0 heterocycles. The molecule has 0 aliphatic carbocycles. The number of rotatable bonds is 7. The molecule has 6 nitrogen and oxygen atoms in total. The monoisotopic (exact) mass is 590 g/mol. The average molecular weight is 593 g/mol. The summed E-state index contributed by atoms with van der Waals surface area (Å²) in [6, 6.07) is 13.5. The van der Waals surface area contributed by atoms with E-state index in [1.165, 1.54) is 11.8 Å². The summed E-state index contributed by atoms with van der Waals surface area (Å²) in [5.41, 5.74) is -0.171. The smallest absolute Gasteiger partial charge is 0.338 e. The minimum absolute atomic E-state index is 0.240. The van der Waals surface area contributed by atoms with Crippen molar-refractivity contribution in [3.8, 4) is 0 Å². The normalized spacial score (nSPS) is 11.6. The number of benzene rings is 3. The number of carbonyl (C=O) groups excluding carboxylic acids is 2. The minimum atomic E-state index is -1.50. The highest BCUT2D eigenvalue weighted by molar-refractivity contribution is 8.00. The number of carboxylic acid groups (broad SMARTS) is 1. The van der Waals surface area contributed by atoms with Crippen LogP contribution >= 0.6 is 69.8 Å². The van der Waals surface area contributed by atoms with Gasteiger partial charge < -0.3 is 15.7 Å². The van der Waals surface area contributed by atoms with Crippen molar-refractivity contribution >= 4 is 98.9 Å². The summed E-state index contributed by atoms with van der Waals surface area (Å²) < 4.78 is 0. The van der Waals surface area contributed by atoms with Gasteiger partial charge in [-0.2, -0.15) is 0 Å². The second-order valence-corrected chi connectivity index (χ2v) is 10.4.